The molecule has 82 heavy (non-hydrogen) atoms. The summed E-state index contributed by atoms with van der Waals surface area (Å²) < 4.78 is 74.6. The summed E-state index contributed by atoms with van der Waals surface area (Å²) in [4.78, 5) is 43.8. The molecule has 14 nitrogen and oxygen atoms in total. The maximum Gasteiger partial charge on any atom is 0.338 e. The number of hydrogen-bond acceptors (Lipinski definition) is 14. The average molecular weight is 1110 g/mol. The first kappa shape index (κ1) is 57.1. The van der Waals surface area contributed by atoms with Gasteiger partial charge in [-0.3, -0.25) is 0 Å². The molecule has 0 N–H and O–H groups in total. The van der Waals surface area contributed by atoms with Crippen molar-refractivity contribution in [3.05, 3.63) is 287 Å². The molecule has 420 valence electrons. The van der Waals surface area contributed by atoms with Crippen LogP contribution in [0.3, 0.4) is 0 Å². The number of benzene rings is 8. The lowest BCUT2D eigenvalue weighted by molar-refractivity contribution is -0.367. The highest BCUT2D eigenvalue weighted by molar-refractivity contribution is 5.91. The van der Waals surface area contributed by atoms with Gasteiger partial charge in [0.15, 0.2) is 30.9 Å². The minimum atomic E-state index is -1.51. The molecule has 0 saturated carbocycles. The molecule has 2 saturated heterocycles. The first-order valence-electron chi connectivity index (χ1n) is 27.4. The van der Waals surface area contributed by atoms with Crippen LogP contribution in [0, 0.1) is 0 Å². The SMILES string of the molecule is O=C(O[C@@H]1[C@H](OCc2ccccc2)[C@H](O[C@H]2[C@H](OC(=O)c3ccccc3)[C@@H](OC(=O)c3ccccc3)[C@@H](OCc3ccccc3)O[C@@H]2COCc2ccccc2)O[C@H](COCc2ccccc2)[C@H]1OCc1ccccc1)c1ccccc1. The van der Waals surface area contributed by atoms with Crippen LogP contribution in [0.15, 0.2) is 243 Å². The zero-order valence-electron chi connectivity index (χ0n) is 45.0. The zero-order chi connectivity index (χ0) is 56.1. The van der Waals surface area contributed by atoms with Gasteiger partial charge in [0, 0.05) is 0 Å². The molecule has 2 aliphatic rings. The quantitative estimate of drug-likeness (QED) is 0.0394. The van der Waals surface area contributed by atoms with E-state index >= 15 is 0 Å². The number of carbonyl (C=O) groups is 3. The van der Waals surface area contributed by atoms with Crippen LogP contribution in [0.5, 0.6) is 0 Å². The number of ether oxygens (including phenoxy) is 11. The van der Waals surface area contributed by atoms with Crippen molar-refractivity contribution in [1.82, 2.24) is 0 Å². The average Bonchev–Trinajstić information content (AvgIpc) is 3.67. The normalized spacial score (nSPS) is 22.3. The third-order valence-corrected chi connectivity index (χ3v) is 13.8. The summed E-state index contributed by atoms with van der Waals surface area (Å²) >= 11 is 0. The van der Waals surface area contributed by atoms with E-state index in [1.807, 2.05) is 158 Å². The van der Waals surface area contributed by atoms with Gasteiger partial charge in [0.25, 0.3) is 0 Å². The Labute approximate surface area is 477 Å². The van der Waals surface area contributed by atoms with Crippen LogP contribution < -0.4 is 0 Å². The lowest BCUT2D eigenvalue weighted by Crippen LogP contribution is -2.67. The molecule has 0 bridgehead atoms. The van der Waals surface area contributed by atoms with Crippen molar-refractivity contribution in [3.8, 4) is 0 Å². The summed E-state index contributed by atoms with van der Waals surface area (Å²) in [6.07, 6.45) is -13.0. The largest absolute Gasteiger partial charge is 0.453 e. The highest BCUT2D eigenvalue weighted by Crippen LogP contribution is 2.37. The van der Waals surface area contributed by atoms with E-state index in [4.69, 9.17) is 52.1 Å². The first-order chi connectivity index (χ1) is 40.4. The molecule has 2 aliphatic heterocycles. The molecule has 0 aliphatic carbocycles. The summed E-state index contributed by atoms with van der Waals surface area (Å²) in [7, 11) is 0. The molecule has 8 aromatic rings. The van der Waals surface area contributed by atoms with Crippen molar-refractivity contribution in [2.45, 2.75) is 94.4 Å². The van der Waals surface area contributed by atoms with Crippen molar-refractivity contribution in [2.75, 3.05) is 13.2 Å². The van der Waals surface area contributed by atoms with Gasteiger partial charge >= 0.3 is 17.9 Å². The molecule has 2 heterocycles. The molecular weight excluding hydrogens is 1040 g/mol. The molecule has 8 aromatic carbocycles. The van der Waals surface area contributed by atoms with Gasteiger partial charge in [-0.05, 0) is 64.2 Å². The fourth-order valence-corrected chi connectivity index (χ4v) is 9.68. The van der Waals surface area contributed by atoms with Gasteiger partial charge in [-0.1, -0.05) is 206 Å². The second-order valence-corrected chi connectivity index (χ2v) is 19.7. The van der Waals surface area contributed by atoms with E-state index in [2.05, 4.69) is 0 Å². The molecule has 0 spiro atoms. The zero-order valence-corrected chi connectivity index (χ0v) is 45.0. The van der Waals surface area contributed by atoms with Gasteiger partial charge in [-0.2, -0.15) is 0 Å². The molecule has 14 heteroatoms. The predicted molar refractivity (Wildman–Crippen MR) is 303 cm³/mol. The Morgan fingerprint density at radius 3 is 0.976 bits per heavy atom. The predicted octanol–water partition coefficient (Wildman–Crippen LogP) is 11.3. The van der Waals surface area contributed by atoms with E-state index in [1.165, 1.54) is 0 Å². The van der Waals surface area contributed by atoms with Crippen LogP contribution >= 0.6 is 0 Å². The lowest BCUT2D eigenvalue weighted by Gasteiger charge is -2.49. The van der Waals surface area contributed by atoms with Gasteiger partial charge in [0.1, 0.15) is 30.5 Å². The Bertz CT molecular complexity index is 3160. The van der Waals surface area contributed by atoms with Gasteiger partial charge in [0.05, 0.1) is 62.9 Å². The van der Waals surface area contributed by atoms with E-state index in [0.29, 0.717) is 0 Å². The summed E-state index contributed by atoms with van der Waals surface area (Å²) in [6, 6.07) is 73.3. The lowest BCUT2D eigenvalue weighted by atomic mass is 9.95. The molecule has 10 atom stereocenters. The number of carbonyl (C=O) groups excluding carboxylic acids is 3. The van der Waals surface area contributed by atoms with Crippen molar-refractivity contribution in [3.63, 3.8) is 0 Å². The van der Waals surface area contributed by atoms with Crippen LogP contribution in [0.1, 0.15) is 58.9 Å². The van der Waals surface area contributed by atoms with Crippen molar-refractivity contribution in [1.29, 1.82) is 0 Å². The van der Waals surface area contributed by atoms with Crippen LogP contribution in [-0.4, -0.2) is 92.5 Å². The van der Waals surface area contributed by atoms with Gasteiger partial charge in [-0.25, -0.2) is 14.4 Å². The molecule has 0 unspecified atom stereocenters. The Morgan fingerprint density at radius 1 is 0.293 bits per heavy atom. The number of rotatable bonds is 25. The monoisotopic (exact) mass is 1100 g/mol. The Morgan fingerprint density at radius 2 is 0.585 bits per heavy atom. The van der Waals surface area contributed by atoms with Crippen molar-refractivity contribution in [2.24, 2.45) is 0 Å². The fraction of sp³-hybridized carbons (Fsp3) is 0.250. The van der Waals surface area contributed by atoms with Crippen LogP contribution in [-0.2, 0) is 85.1 Å². The van der Waals surface area contributed by atoms with E-state index in [0.717, 1.165) is 27.8 Å². The summed E-state index contributed by atoms with van der Waals surface area (Å²) in [6.45, 7) is 0.219. The maximum atomic E-state index is 14.7. The van der Waals surface area contributed by atoms with E-state index in [-0.39, 0.29) is 62.9 Å². The minimum absolute atomic E-state index is 0.00138. The summed E-state index contributed by atoms with van der Waals surface area (Å²) in [5.74, 6) is -2.17. The summed E-state index contributed by atoms with van der Waals surface area (Å²) in [5, 5.41) is 0. The van der Waals surface area contributed by atoms with Crippen molar-refractivity contribution < 1.29 is 66.5 Å². The second kappa shape index (κ2) is 29.5. The molecule has 0 amide bonds. The Balaban J connectivity index is 1.09. The fourth-order valence-electron chi connectivity index (χ4n) is 9.68. The van der Waals surface area contributed by atoms with E-state index in [1.54, 1.807) is 84.9 Å². The second-order valence-electron chi connectivity index (χ2n) is 19.7. The molecule has 0 radical (unpaired) electrons. The van der Waals surface area contributed by atoms with Gasteiger partial charge < -0.3 is 52.1 Å². The highest BCUT2D eigenvalue weighted by atomic mass is 16.8. The maximum absolute atomic E-state index is 14.7. The minimum Gasteiger partial charge on any atom is -0.453 e. The Hall–Kier alpha value is -8.15. The smallest absolute Gasteiger partial charge is 0.338 e. The third kappa shape index (κ3) is 15.8. The van der Waals surface area contributed by atoms with Crippen LogP contribution in [0.25, 0.3) is 0 Å². The highest BCUT2D eigenvalue weighted by Gasteiger charge is 2.57. The van der Waals surface area contributed by atoms with E-state index < -0.39 is 79.3 Å². The number of esters is 3. The van der Waals surface area contributed by atoms with Gasteiger partial charge in [0.2, 0.25) is 0 Å². The van der Waals surface area contributed by atoms with E-state index in [9.17, 15) is 14.4 Å². The van der Waals surface area contributed by atoms with Crippen LogP contribution in [0.2, 0.25) is 0 Å². The molecule has 0 aromatic heterocycles. The third-order valence-electron chi connectivity index (χ3n) is 13.8. The number of hydrogen-bond donors (Lipinski definition) is 0. The standard InChI is InChI=1S/C68H64O14/c69-64(53-35-19-6-20-36-53)79-60-58(74-43-50-29-13-3-14-30-50)56(46-72-41-48-25-9-1-10-26-48)78-68(62(60)75-44-51-31-15-4-16-32-51)82-59-57(47-73-42-49-27-11-2-12-28-49)77-67(76-45-52-33-17-5-18-34-52)63(81-66(71)55-39-23-8-24-40-55)61(59)80-65(70)54-37-21-7-22-38-54/h1-40,56-63,67-68H,41-47H2/t56-,57-,58-,59-,60+,61+,62+,63-,67+,68+/m1/s1. The van der Waals surface area contributed by atoms with Crippen LogP contribution in [0.4, 0.5) is 0 Å². The molecule has 2 fully saturated rings. The van der Waals surface area contributed by atoms with Gasteiger partial charge in [-0.15, -0.1) is 0 Å². The molecular formula is C68H64O14. The first-order valence-corrected chi connectivity index (χ1v) is 27.4. The summed E-state index contributed by atoms with van der Waals surface area (Å²) in [5.41, 5.74) is 4.92. The Kier molecular flexibility index (Phi) is 20.6. The van der Waals surface area contributed by atoms with Crippen molar-refractivity contribution >= 4 is 17.9 Å². The topological polar surface area (TPSA) is 153 Å². The molecule has 10 rings (SSSR count).